The molecular weight excluding hydrogens is 481 g/mol. The number of rotatable bonds is 7. The van der Waals surface area contributed by atoms with Crippen LogP contribution in [-0.2, 0) is 0 Å². The molecule has 0 aliphatic rings. The van der Waals surface area contributed by atoms with E-state index in [9.17, 15) is 9.65 Å². The molecule has 0 amide bonds. The molecule has 0 saturated heterocycles. The SMILES string of the molecule is N#Cc1cc(SNc2nccs2)ccc1Oc1cnc(-c2ccccc2)cc1-c1ccnc(F)c1. The highest BCUT2D eigenvalue weighted by atomic mass is 32.2. The number of ether oxygens (including phenoxy) is 1. The molecule has 170 valence electrons. The lowest BCUT2D eigenvalue weighted by Gasteiger charge is -2.14. The predicted molar refractivity (Wildman–Crippen MR) is 136 cm³/mol. The molecule has 9 heteroatoms. The molecule has 0 fully saturated rings. The lowest BCUT2D eigenvalue weighted by atomic mass is 10.0. The van der Waals surface area contributed by atoms with Crippen molar-refractivity contribution in [3.63, 3.8) is 0 Å². The molecular formula is C26H16FN5OS2. The number of pyridine rings is 2. The number of anilines is 1. The number of halogens is 1. The fourth-order valence-electron chi connectivity index (χ4n) is 3.33. The summed E-state index contributed by atoms with van der Waals surface area (Å²) in [6.07, 6.45) is 4.71. The highest BCUT2D eigenvalue weighted by Gasteiger charge is 2.15. The van der Waals surface area contributed by atoms with Crippen LogP contribution in [0.25, 0.3) is 22.4 Å². The second-order valence-corrected chi connectivity index (χ2v) is 8.99. The van der Waals surface area contributed by atoms with Crippen molar-refractivity contribution in [3.8, 4) is 40.0 Å². The smallest absolute Gasteiger partial charge is 0.213 e. The van der Waals surface area contributed by atoms with Crippen LogP contribution in [0.2, 0.25) is 0 Å². The van der Waals surface area contributed by atoms with Gasteiger partial charge in [0.05, 0.1) is 17.5 Å². The average molecular weight is 498 g/mol. The Bertz CT molecular complexity index is 1500. The molecule has 0 aliphatic heterocycles. The zero-order valence-corrected chi connectivity index (χ0v) is 19.7. The zero-order valence-electron chi connectivity index (χ0n) is 18.1. The lowest BCUT2D eigenvalue weighted by molar-refractivity contribution is 0.480. The Kier molecular flexibility index (Phi) is 6.66. The van der Waals surface area contributed by atoms with Crippen LogP contribution in [0.3, 0.4) is 0 Å². The Hall–Kier alpha value is -4.26. The quantitative estimate of drug-likeness (QED) is 0.188. The Morgan fingerprint density at radius 3 is 2.57 bits per heavy atom. The van der Waals surface area contributed by atoms with Gasteiger partial charge in [-0.05, 0) is 47.8 Å². The van der Waals surface area contributed by atoms with Gasteiger partial charge in [-0.3, -0.25) is 4.98 Å². The van der Waals surface area contributed by atoms with Crippen molar-refractivity contribution in [1.82, 2.24) is 15.0 Å². The first-order chi connectivity index (χ1) is 17.2. The van der Waals surface area contributed by atoms with E-state index in [0.29, 0.717) is 33.9 Å². The first-order valence-electron chi connectivity index (χ1n) is 10.4. The molecule has 0 saturated carbocycles. The Morgan fingerprint density at radius 2 is 1.80 bits per heavy atom. The van der Waals surface area contributed by atoms with E-state index >= 15 is 0 Å². The maximum absolute atomic E-state index is 13.9. The number of aromatic nitrogens is 3. The first-order valence-corrected chi connectivity index (χ1v) is 12.1. The van der Waals surface area contributed by atoms with Gasteiger partial charge in [0.25, 0.3) is 0 Å². The third-order valence-electron chi connectivity index (χ3n) is 4.95. The van der Waals surface area contributed by atoms with Gasteiger partial charge in [-0.25, -0.2) is 9.97 Å². The summed E-state index contributed by atoms with van der Waals surface area (Å²) in [5, 5.41) is 12.4. The summed E-state index contributed by atoms with van der Waals surface area (Å²) in [5.74, 6) is 0.169. The van der Waals surface area contributed by atoms with Crippen LogP contribution in [0.1, 0.15) is 5.56 Å². The van der Waals surface area contributed by atoms with Crippen LogP contribution in [-0.4, -0.2) is 15.0 Å². The molecule has 35 heavy (non-hydrogen) atoms. The molecule has 5 rings (SSSR count). The molecule has 2 aromatic carbocycles. The van der Waals surface area contributed by atoms with E-state index in [1.165, 1.54) is 35.5 Å². The van der Waals surface area contributed by atoms with Crippen LogP contribution >= 0.6 is 23.3 Å². The number of benzene rings is 2. The Balaban J connectivity index is 1.49. The fraction of sp³-hybridized carbons (Fsp3) is 0. The van der Waals surface area contributed by atoms with Crippen molar-refractivity contribution in [3.05, 3.63) is 102 Å². The van der Waals surface area contributed by atoms with Crippen LogP contribution in [0.5, 0.6) is 11.5 Å². The van der Waals surface area contributed by atoms with E-state index in [4.69, 9.17) is 4.74 Å². The third-order valence-corrected chi connectivity index (χ3v) is 6.56. The van der Waals surface area contributed by atoms with E-state index < -0.39 is 5.95 Å². The highest BCUT2D eigenvalue weighted by molar-refractivity contribution is 8.00. The maximum atomic E-state index is 13.9. The van der Waals surface area contributed by atoms with Gasteiger partial charge in [-0.2, -0.15) is 9.65 Å². The van der Waals surface area contributed by atoms with Crippen molar-refractivity contribution in [2.24, 2.45) is 0 Å². The van der Waals surface area contributed by atoms with Gasteiger partial charge < -0.3 is 9.46 Å². The summed E-state index contributed by atoms with van der Waals surface area (Å²) < 4.78 is 23.2. The summed E-state index contributed by atoms with van der Waals surface area (Å²) in [6, 6.07) is 22.1. The van der Waals surface area contributed by atoms with Gasteiger partial charge in [0.1, 0.15) is 11.8 Å². The van der Waals surface area contributed by atoms with Crippen LogP contribution in [0, 0.1) is 17.3 Å². The molecule has 6 nitrogen and oxygen atoms in total. The van der Waals surface area contributed by atoms with Crippen LogP contribution in [0.15, 0.2) is 95.6 Å². The molecule has 3 heterocycles. The normalized spacial score (nSPS) is 10.5. The van der Waals surface area contributed by atoms with Crippen molar-refractivity contribution in [1.29, 1.82) is 5.26 Å². The van der Waals surface area contributed by atoms with Gasteiger partial charge in [-0.1, -0.05) is 30.3 Å². The molecule has 0 bridgehead atoms. The molecule has 0 atom stereocenters. The molecule has 0 spiro atoms. The fourth-order valence-corrected chi connectivity index (χ4v) is 4.59. The number of nitrogens with one attached hydrogen (secondary N) is 1. The van der Waals surface area contributed by atoms with Crippen molar-refractivity contribution in [2.75, 3.05) is 4.72 Å². The first kappa shape index (κ1) is 22.5. The molecule has 0 aliphatic carbocycles. The van der Waals surface area contributed by atoms with Crippen molar-refractivity contribution < 1.29 is 9.13 Å². The monoisotopic (exact) mass is 497 g/mol. The molecule has 0 radical (unpaired) electrons. The van der Waals surface area contributed by atoms with E-state index in [1.54, 1.807) is 30.6 Å². The number of hydrogen-bond donors (Lipinski definition) is 1. The zero-order chi connectivity index (χ0) is 24.0. The third kappa shape index (κ3) is 5.30. The minimum atomic E-state index is -0.599. The Labute approximate surface area is 209 Å². The van der Waals surface area contributed by atoms with Gasteiger partial charge in [-0.15, -0.1) is 11.3 Å². The van der Waals surface area contributed by atoms with Crippen LogP contribution in [0.4, 0.5) is 9.52 Å². The van der Waals surface area contributed by atoms with Crippen molar-refractivity contribution >= 4 is 28.4 Å². The minimum Gasteiger partial charge on any atom is -0.454 e. The lowest BCUT2D eigenvalue weighted by Crippen LogP contribution is -1.95. The van der Waals surface area contributed by atoms with Crippen molar-refractivity contribution in [2.45, 2.75) is 4.90 Å². The molecule has 5 aromatic rings. The van der Waals surface area contributed by atoms with Crippen LogP contribution < -0.4 is 9.46 Å². The number of thiazole rings is 1. The molecule has 1 N–H and O–H groups in total. The minimum absolute atomic E-state index is 0.356. The number of nitriles is 1. The average Bonchev–Trinajstić information content (AvgIpc) is 3.42. The summed E-state index contributed by atoms with van der Waals surface area (Å²) in [7, 11) is 0. The number of hydrogen-bond acceptors (Lipinski definition) is 8. The standard InChI is InChI=1S/C26H16FN5OS2/c27-25-13-18(8-9-29-25)21-14-22(17-4-2-1-3-5-17)31-16-24(21)33-23-7-6-20(12-19(23)15-28)35-32-26-30-10-11-34-26/h1-14,16H,(H,30,32). The topological polar surface area (TPSA) is 83.7 Å². The summed E-state index contributed by atoms with van der Waals surface area (Å²) >= 11 is 2.84. The molecule has 3 aromatic heterocycles. The molecule has 0 unspecified atom stereocenters. The van der Waals surface area contributed by atoms with Gasteiger partial charge in [0, 0.05) is 39.9 Å². The van der Waals surface area contributed by atoms with Gasteiger partial charge in [0.15, 0.2) is 10.9 Å². The second kappa shape index (κ2) is 10.3. The van der Waals surface area contributed by atoms with E-state index in [2.05, 4.69) is 25.7 Å². The van der Waals surface area contributed by atoms with Gasteiger partial charge in [0.2, 0.25) is 5.95 Å². The Morgan fingerprint density at radius 1 is 0.914 bits per heavy atom. The highest BCUT2D eigenvalue weighted by Crippen LogP contribution is 2.37. The van der Waals surface area contributed by atoms with E-state index in [0.717, 1.165) is 15.6 Å². The maximum Gasteiger partial charge on any atom is 0.213 e. The van der Waals surface area contributed by atoms with E-state index in [1.807, 2.05) is 47.8 Å². The summed E-state index contributed by atoms with van der Waals surface area (Å²) in [5.41, 5.74) is 3.21. The predicted octanol–water partition coefficient (Wildman–Crippen LogP) is 7.19. The summed E-state index contributed by atoms with van der Waals surface area (Å²) in [4.78, 5) is 13.2. The second-order valence-electron chi connectivity index (χ2n) is 7.21. The van der Waals surface area contributed by atoms with Gasteiger partial charge >= 0.3 is 0 Å². The van der Waals surface area contributed by atoms with E-state index in [-0.39, 0.29) is 0 Å². The number of nitrogens with zero attached hydrogens (tertiary/aromatic N) is 4. The largest absolute Gasteiger partial charge is 0.454 e. The summed E-state index contributed by atoms with van der Waals surface area (Å²) in [6.45, 7) is 0.